The number of rotatable bonds is 16. The number of nitrogens with zero attached hydrogens (tertiary/aromatic N) is 1. The van der Waals surface area contributed by atoms with Gasteiger partial charge in [-0.2, -0.15) is 0 Å². The van der Waals surface area contributed by atoms with E-state index >= 15 is 0 Å². The second-order valence-corrected chi connectivity index (χ2v) is 13.5. The Kier molecular flexibility index (Phi) is 15.0. The molecule has 0 saturated carbocycles. The van der Waals surface area contributed by atoms with Crippen LogP contribution in [0.5, 0.6) is 0 Å². The molecule has 1 heterocycles. The minimum Gasteiger partial charge on any atom is -0.444 e. The zero-order valence-corrected chi connectivity index (χ0v) is 28.2. The highest BCUT2D eigenvalue weighted by molar-refractivity contribution is 5.88. The van der Waals surface area contributed by atoms with Gasteiger partial charge in [0, 0.05) is 25.6 Å². The van der Waals surface area contributed by atoms with Crippen LogP contribution >= 0.6 is 0 Å². The fraction of sp³-hybridized carbons (Fsp3) is 0.583. The van der Waals surface area contributed by atoms with E-state index in [0.717, 1.165) is 50.4 Å². The lowest BCUT2D eigenvalue weighted by molar-refractivity contribution is -0.132. The molecule has 254 valence electrons. The Morgan fingerprint density at radius 2 is 1.48 bits per heavy atom. The van der Waals surface area contributed by atoms with Crippen LogP contribution in [0.4, 0.5) is 4.79 Å². The molecule has 0 aliphatic carbocycles. The van der Waals surface area contributed by atoms with Crippen LogP contribution in [0, 0.1) is 11.8 Å². The number of benzene rings is 2. The smallest absolute Gasteiger partial charge is 0.407 e. The summed E-state index contributed by atoms with van der Waals surface area (Å²) in [6.45, 7) is 13.8. The Morgan fingerprint density at radius 1 is 0.891 bits per heavy atom. The van der Waals surface area contributed by atoms with Crippen LogP contribution < -0.4 is 16.0 Å². The Morgan fingerprint density at radius 3 is 2.04 bits per heavy atom. The summed E-state index contributed by atoms with van der Waals surface area (Å²) in [5, 5.41) is 20.4. The molecular weight excluding hydrogens is 584 g/mol. The number of hydrogen-bond donors (Lipinski definition) is 4. The van der Waals surface area contributed by atoms with Crippen molar-refractivity contribution in [2.75, 3.05) is 39.4 Å². The Hall–Kier alpha value is -3.47. The number of carbonyl (C=O) groups is 3. The van der Waals surface area contributed by atoms with Gasteiger partial charge >= 0.3 is 6.09 Å². The van der Waals surface area contributed by atoms with Crippen LogP contribution in [0.2, 0.25) is 0 Å². The van der Waals surface area contributed by atoms with E-state index in [4.69, 9.17) is 9.47 Å². The van der Waals surface area contributed by atoms with Crippen molar-refractivity contribution in [3.05, 3.63) is 71.8 Å². The first-order valence-electron chi connectivity index (χ1n) is 16.5. The van der Waals surface area contributed by atoms with Gasteiger partial charge in [-0.25, -0.2) is 4.79 Å². The quantitative estimate of drug-likeness (QED) is 0.206. The van der Waals surface area contributed by atoms with Crippen molar-refractivity contribution in [1.29, 1.82) is 0 Å². The molecule has 3 amide bonds. The predicted octanol–water partition coefficient (Wildman–Crippen LogP) is 3.71. The molecule has 0 spiro atoms. The summed E-state index contributed by atoms with van der Waals surface area (Å²) < 4.78 is 10.9. The minimum atomic E-state index is -1.07. The lowest BCUT2D eigenvalue weighted by Gasteiger charge is -2.30. The second kappa shape index (κ2) is 18.6. The van der Waals surface area contributed by atoms with Gasteiger partial charge in [0.25, 0.3) is 0 Å². The van der Waals surface area contributed by atoms with Crippen LogP contribution in [-0.4, -0.2) is 91.1 Å². The van der Waals surface area contributed by atoms with E-state index in [0.29, 0.717) is 19.4 Å². The zero-order chi connectivity index (χ0) is 33.5. The molecule has 0 unspecified atom stereocenters. The number of amides is 3. The molecule has 0 bridgehead atoms. The topological polar surface area (TPSA) is 129 Å². The first-order chi connectivity index (χ1) is 21.9. The minimum absolute atomic E-state index is 0.0695. The van der Waals surface area contributed by atoms with Crippen molar-refractivity contribution in [1.82, 2.24) is 20.9 Å². The fourth-order valence-electron chi connectivity index (χ4n) is 5.50. The van der Waals surface area contributed by atoms with Gasteiger partial charge in [-0.05, 0) is 70.0 Å². The Bertz CT molecular complexity index is 1200. The Balaban J connectivity index is 1.71. The van der Waals surface area contributed by atoms with Crippen molar-refractivity contribution in [2.45, 2.75) is 84.1 Å². The molecule has 4 atom stereocenters. The molecule has 2 aromatic carbocycles. The zero-order valence-electron chi connectivity index (χ0n) is 28.2. The van der Waals surface area contributed by atoms with E-state index in [1.54, 1.807) is 20.8 Å². The number of nitrogens with one attached hydrogen (secondary N) is 3. The van der Waals surface area contributed by atoms with Crippen molar-refractivity contribution in [3.8, 4) is 0 Å². The molecule has 3 rings (SSSR count). The summed E-state index contributed by atoms with van der Waals surface area (Å²) in [6.07, 6.45) is -0.121. The van der Waals surface area contributed by atoms with E-state index < -0.39 is 35.8 Å². The van der Waals surface area contributed by atoms with E-state index in [2.05, 4.69) is 20.9 Å². The molecule has 1 saturated heterocycles. The van der Waals surface area contributed by atoms with E-state index in [9.17, 15) is 19.5 Å². The maximum atomic E-state index is 13.9. The normalized spacial score (nSPS) is 16.6. The Labute approximate surface area is 274 Å². The molecular formula is C36H54N4O6. The highest BCUT2D eigenvalue weighted by Crippen LogP contribution is 2.20. The maximum Gasteiger partial charge on any atom is 0.407 e. The van der Waals surface area contributed by atoms with E-state index in [1.807, 2.05) is 74.5 Å². The number of alkyl carbamates (subject to hydrolysis) is 1. The molecule has 1 fully saturated rings. The summed E-state index contributed by atoms with van der Waals surface area (Å²) in [4.78, 5) is 42.3. The summed E-state index contributed by atoms with van der Waals surface area (Å²) in [6, 6.07) is 17.7. The van der Waals surface area contributed by atoms with Crippen molar-refractivity contribution in [3.63, 3.8) is 0 Å². The van der Waals surface area contributed by atoms with Crippen molar-refractivity contribution in [2.24, 2.45) is 11.8 Å². The fourth-order valence-corrected chi connectivity index (χ4v) is 5.50. The lowest BCUT2D eigenvalue weighted by Crippen LogP contribution is -2.53. The molecule has 2 aromatic rings. The molecule has 10 heteroatoms. The van der Waals surface area contributed by atoms with Gasteiger partial charge in [0.2, 0.25) is 11.8 Å². The van der Waals surface area contributed by atoms with Crippen LogP contribution in [-0.2, 0) is 31.9 Å². The van der Waals surface area contributed by atoms with Crippen molar-refractivity contribution >= 4 is 17.9 Å². The molecule has 1 aliphatic rings. The molecule has 0 aromatic heterocycles. The van der Waals surface area contributed by atoms with Gasteiger partial charge in [-0.1, -0.05) is 74.5 Å². The summed E-state index contributed by atoms with van der Waals surface area (Å²) in [5.74, 6) is -1.35. The molecule has 4 N–H and O–H groups in total. The number of morpholine rings is 1. The van der Waals surface area contributed by atoms with Crippen LogP contribution in [0.1, 0.15) is 58.6 Å². The number of carbonyl (C=O) groups excluding carboxylic acids is 3. The maximum absolute atomic E-state index is 13.9. The first-order valence-corrected chi connectivity index (χ1v) is 16.5. The van der Waals surface area contributed by atoms with Crippen LogP contribution in [0.25, 0.3) is 0 Å². The van der Waals surface area contributed by atoms with Gasteiger partial charge in [0.1, 0.15) is 11.6 Å². The molecule has 10 nitrogen and oxygen atoms in total. The van der Waals surface area contributed by atoms with E-state index in [1.165, 1.54) is 0 Å². The van der Waals surface area contributed by atoms with Gasteiger partial charge in [0.05, 0.1) is 25.4 Å². The van der Waals surface area contributed by atoms with E-state index in [-0.39, 0.29) is 24.2 Å². The van der Waals surface area contributed by atoms with Crippen molar-refractivity contribution < 1.29 is 29.0 Å². The van der Waals surface area contributed by atoms with Crippen LogP contribution in [0.15, 0.2) is 60.7 Å². The monoisotopic (exact) mass is 638 g/mol. The van der Waals surface area contributed by atoms with Gasteiger partial charge in [-0.15, -0.1) is 0 Å². The molecule has 0 radical (unpaired) electrons. The second-order valence-electron chi connectivity index (χ2n) is 13.5. The molecule has 46 heavy (non-hydrogen) atoms. The van der Waals surface area contributed by atoms with Crippen LogP contribution in [0.3, 0.4) is 0 Å². The van der Waals surface area contributed by atoms with Gasteiger partial charge in [-0.3, -0.25) is 14.5 Å². The highest BCUT2D eigenvalue weighted by atomic mass is 16.6. The standard InChI is InChI=1S/C36H54N4O6/c1-26(2)32(34(43)37-17-12-18-40-19-21-45-22-20-40)39-33(42)29(23-27-13-8-6-9-14-27)25-31(41)30(24-28-15-10-7-11-16-28)38-35(44)46-36(3,4)5/h6-11,13-16,26,29-32,41H,12,17-25H2,1-5H3,(H,37,43)(H,38,44)(H,39,42)/t29-,30-,31-,32-/m0/s1. The largest absolute Gasteiger partial charge is 0.444 e. The first kappa shape index (κ1) is 37.0. The summed E-state index contributed by atoms with van der Waals surface area (Å²) >= 11 is 0. The number of aliphatic hydroxyl groups excluding tert-OH is 1. The highest BCUT2D eigenvalue weighted by Gasteiger charge is 2.32. The lowest BCUT2D eigenvalue weighted by atomic mass is 9.88. The number of hydrogen-bond acceptors (Lipinski definition) is 7. The van der Waals surface area contributed by atoms with Gasteiger partial charge < -0.3 is 30.5 Å². The third-order valence-corrected chi connectivity index (χ3v) is 7.99. The van der Waals surface area contributed by atoms with Gasteiger partial charge in [0.15, 0.2) is 0 Å². The SMILES string of the molecule is CC(C)[C@H](NC(=O)[C@@H](Cc1ccccc1)C[C@H](O)[C@H](Cc1ccccc1)NC(=O)OC(C)(C)C)C(=O)NCCCN1CCOCC1. The third kappa shape index (κ3) is 13.5. The third-order valence-electron chi connectivity index (χ3n) is 7.99. The molecule has 1 aliphatic heterocycles. The number of aliphatic hydroxyl groups is 1. The summed E-state index contributed by atoms with van der Waals surface area (Å²) in [5.41, 5.74) is 1.15. The number of ether oxygens (including phenoxy) is 2. The average molecular weight is 639 g/mol. The predicted molar refractivity (Wildman–Crippen MR) is 179 cm³/mol. The summed E-state index contributed by atoms with van der Waals surface area (Å²) in [7, 11) is 0. The average Bonchev–Trinajstić information content (AvgIpc) is 3.01.